The van der Waals surface area contributed by atoms with E-state index in [1.165, 1.54) is 4.31 Å². The number of aryl methyl sites for hydroxylation is 1. The Balaban J connectivity index is 1.87. The summed E-state index contributed by atoms with van der Waals surface area (Å²) in [5, 5.41) is -0.0121. The van der Waals surface area contributed by atoms with Gasteiger partial charge in [0.15, 0.2) is 0 Å². The molecule has 1 saturated carbocycles. The Bertz CT molecular complexity index is 638. The van der Waals surface area contributed by atoms with Crippen molar-refractivity contribution in [2.75, 3.05) is 13.1 Å². The third-order valence-electron chi connectivity index (χ3n) is 4.39. The average Bonchev–Trinajstić information content (AvgIpc) is 2.40. The number of rotatable bonds is 2. The maximum Gasteiger partial charge on any atom is 0.243 e. The van der Waals surface area contributed by atoms with E-state index in [0.717, 1.165) is 5.56 Å². The molecule has 21 heavy (non-hydrogen) atoms. The fourth-order valence-corrected chi connectivity index (χ4v) is 5.19. The van der Waals surface area contributed by atoms with Crippen molar-refractivity contribution in [3.05, 3.63) is 29.8 Å². The van der Waals surface area contributed by atoms with Gasteiger partial charge >= 0.3 is 0 Å². The second kappa shape index (κ2) is 5.38. The summed E-state index contributed by atoms with van der Waals surface area (Å²) in [4.78, 5) is 12.4. The number of alkyl halides is 1. The van der Waals surface area contributed by atoms with Crippen LogP contribution in [0.15, 0.2) is 29.2 Å². The first kappa shape index (κ1) is 15.0. The Hall–Kier alpha value is -0.910. The summed E-state index contributed by atoms with van der Waals surface area (Å²) in [7, 11) is -3.52. The van der Waals surface area contributed by atoms with E-state index in [1.807, 2.05) is 6.92 Å². The molecule has 0 amide bonds. The van der Waals surface area contributed by atoms with Crippen molar-refractivity contribution in [2.24, 2.45) is 11.8 Å². The number of carbonyl (C=O) groups excluding carboxylic acids is 1. The van der Waals surface area contributed by atoms with E-state index in [9.17, 15) is 13.2 Å². The van der Waals surface area contributed by atoms with Gasteiger partial charge in [0.1, 0.15) is 5.78 Å². The third-order valence-corrected chi connectivity index (χ3v) is 6.59. The topological polar surface area (TPSA) is 54.5 Å². The number of nitrogens with zero attached hydrogens (tertiary/aromatic N) is 1. The van der Waals surface area contributed by atoms with Crippen LogP contribution in [0.4, 0.5) is 0 Å². The van der Waals surface area contributed by atoms with Crippen molar-refractivity contribution in [3.63, 3.8) is 0 Å². The van der Waals surface area contributed by atoms with E-state index in [1.54, 1.807) is 24.3 Å². The number of benzene rings is 1. The van der Waals surface area contributed by atoms with Crippen LogP contribution in [-0.2, 0) is 14.8 Å². The highest BCUT2D eigenvalue weighted by atomic mass is 35.5. The Morgan fingerprint density at radius 3 is 2.14 bits per heavy atom. The summed E-state index contributed by atoms with van der Waals surface area (Å²) < 4.78 is 26.9. The molecule has 114 valence electrons. The van der Waals surface area contributed by atoms with E-state index in [-0.39, 0.29) is 36.1 Å². The molecule has 1 aliphatic heterocycles. The van der Waals surface area contributed by atoms with Gasteiger partial charge in [-0.25, -0.2) is 8.42 Å². The molecule has 1 aromatic carbocycles. The molecule has 6 heteroatoms. The lowest BCUT2D eigenvalue weighted by molar-refractivity contribution is -0.132. The minimum atomic E-state index is -3.52. The molecule has 2 aliphatic rings. The van der Waals surface area contributed by atoms with Crippen molar-refractivity contribution in [1.29, 1.82) is 0 Å². The summed E-state index contributed by atoms with van der Waals surface area (Å²) >= 11 is 6.16. The lowest BCUT2D eigenvalue weighted by Crippen LogP contribution is -2.52. The van der Waals surface area contributed by atoms with E-state index < -0.39 is 10.0 Å². The molecule has 0 spiro atoms. The number of piperidine rings is 1. The summed E-state index contributed by atoms with van der Waals surface area (Å²) in [6.07, 6.45) is 1.16. The largest absolute Gasteiger partial charge is 0.299 e. The number of hydrogen-bond donors (Lipinski definition) is 0. The van der Waals surface area contributed by atoms with Crippen LogP contribution < -0.4 is 0 Å². The number of halogens is 1. The fraction of sp³-hybridized carbons (Fsp3) is 0.533. The first-order valence-corrected chi connectivity index (χ1v) is 9.00. The van der Waals surface area contributed by atoms with Gasteiger partial charge in [-0.1, -0.05) is 17.7 Å². The van der Waals surface area contributed by atoms with Crippen molar-refractivity contribution in [3.8, 4) is 0 Å². The van der Waals surface area contributed by atoms with Gasteiger partial charge in [0.2, 0.25) is 10.0 Å². The molecule has 2 fully saturated rings. The van der Waals surface area contributed by atoms with Crippen molar-refractivity contribution >= 4 is 27.4 Å². The Labute approximate surface area is 130 Å². The smallest absolute Gasteiger partial charge is 0.243 e. The number of Topliss-reactive ketones (excluding diaryl/α,β-unsaturated/α-hetero) is 1. The van der Waals surface area contributed by atoms with Crippen molar-refractivity contribution < 1.29 is 13.2 Å². The minimum absolute atomic E-state index is 0.0121. The molecule has 3 rings (SSSR count). The van der Waals surface area contributed by atoms with Gasteiger partial charge in [-0.3, -0.25) is 4.79 Å². The molecule has 0 N–H and O–H groups in total. The summed E-state index contributed by atoms with van der Waals surface area (Å²) in [6.45, 7) is 2.44. The zero-order valence-electron chi connectivity index (χ0n) is 11.8. The number of fused-ring (bicyclic) bond motifs is 2. The number of ketones is 1. The molecule has 1 heterocycles. The molecular weight excluding hydrogens is 310 g/mol. The Kier molecular flexibility index (Phi) is 3.84. The molecule has 0 aromatic heterocycles. The van der Waals surface area contributed by atoms with Crippen LogP contribution in [0.2, 0.25) is 0 Å². The first-order valence-electron chi connectivity index (χ1n) is 7.12. The summed E-state index contributed by atoms with van der Waals surface area (Å²) in [5.41, 5.74) is 1.02. The zero-order chi connectivity index (χ0) is 15.2. The summed E-state index contributed by atoms with van der Waals surface area (Å²) in [6, 6.07) is 6.83. The van der Waals surface area contributed by atoms with Gasteiger partial charge in [0.05, 0.1) is 4.90 Å². The van der Waals surface area contributed by atoms with Crippen LogP contribution in [0.5, 0.6) is 0 Å². The second-order valence-corrected chi connectivity index (χ2v) is 8.56. The Morgan fingerprint density at radius 1 is 1.10 bits per heavy atom. The zero-order valence-corrected chi connectivity index (χ0v) is 13.4. The molecule has 2 atom stereocenters. The van der Waals surface area contributed by atoms with Crippen LogP contribution in [0.1, 0.15) is 18.4 Å². The highest BCUT2D eigenvalue weighted by Gasteiger charge is 2.44. The third kappa shape index (κ3) is 2.74. The maximum atomic E-state index is 12.7. The standard InChI is InChI=1S/C15H18ClNO3S/c1-10-2-4-14(5-3-10)21(19,20)17-8-11-6-13(16)7-12(9-17)15(11)18/h2-5,11-13H,6-9H2,1H3. The van der Waals surface area contributed by atoms with Gasteiger partial charge in [-0.05, 0) is 31.9 Å². The minimum Gasteiger partial charge on any atom is -0.299 e. The molecule has 4 nitrogen and oxygen atoms in total. The molecule has 1 aromatic rings. The number of carbonyl (C=O) groups is 1. The van der Waals surface area contributed by atoms with Gasteiger partial charge in [0, 0.05) is 30.3 Å². The normalized spacial score (nSPS) is 30.4. The fourth-order valence-electron chi connectivity index (χ4n) is 3.23. The summed E-state index contributed by atoms with van der Waals surface area (Å²) in [5.74, 6) is -0.317. The first-order chi connectivity index (χ1) is 9.88. The van der Waals surface area contributed by atoms with Crippen LogP contribution >= 0.6 is 11.6 Å². The van der Waals surface area contributed by atoms with Gasteiger partial charge in [-0.2, -0.15) is 4.31 Å². The van der Waals surface area contributed by atoms with E-state index in [2.05, 4.69) is 0 Å². The van der Waals surface area contributed by atoms with Crippen molar-refractivity contribution in [2.45, 2.75) is 30.0 Å². The number of hydrogen-bond acceptors (Lipinski definition) is 3. The van der Waals surface area contributed by atoms with Crippen LogP contribution in [0.3, 0.4) is 0 Å². The van der Waals surface area contributed by atoms with Crippen LogP contribution in [-0.4, -0.2) is 37.0 Å². The molecular formula is C15H18ClNO3S. The lowest BCUT2D eigenvalue weighted by atomic mass is 9.77. The Morgan fingerprint density at radius 2 is 1.62 bits per heavy atom. The molecule has 2 unspecified atom stereocenters. The molecule has 2 bridgehead atoms. The van der Waals surface area contributed by atoms with Gasteiger partial charge in [-0.15, -0.1) is 11.6 Å². The molecule has 1 saturated heterocycles. The van der Waals surface area contributed by atoms with E-state index in [4.69, 9.17) is 11.6 Å². The quantitative estimate of drug-likeness (QED) is 0.782. The lowest BCUT2D eigenvalue weighted by Gasteiger charge is -2.40. The highest BCUT2D eigenvalue weighted by Crippen LogP contribution is 2.36. The predicted molar refractivity (Wildman–Crippen MR) is 80.8 cm³/mol. The average molecular weight is 328 g/mol. The van der Waals surface area contributed by atoms with Crippen molar-refractivity contribution in [1.82, 2.24) is 4.31 Å². The van der Waals surface area contributed by atoms with Crippen LogP contribution in [0.25, 0.3) is 0 Å². The maximum absolute atomic E-state index is 12.7. The van der Waals surface area contributed by atoms with Gasteiger partial charge in [0.25, 0.3) is 0 Å². The van der Waals surface area contributed by atoms with Gasteiger partial charge < -0.3 is 0 Å². The SMILES string of the molecule is Cc1ccc(S(=O)(=O)N2CC3CC(Cl)CC(C2)C3=O)cc1. The second-order valence-electron chi connectivity index (χ2n) is 6.00. The van der Waals surface area contributed by atoms with Crippen LogP contribution in [0, 0.1) is 18.8 Å². The monoisotopic (exact) mass is 327 g/mol. The molecule has 0 radical (unpaired) electrons. The molecule has 1 aliphatic carbocycles. The predicted octanol–water partition coefficient (Wildman–Crippen LogP) is 2.20. The van der Waals surface area contributed by atoms with E-state index in [0.29, 0.717) is 17.7 Å². The highest BCUT2D eigenvalue weighted by molar-refractivity contribution is 7.89. The van der Waals surface area contributed by atoms with E-state index >= 15 is 0 Å². The number of sulfonamides is 1.